The second-order valence-corrected chi connectivity index (χ2v) is 5.96. The molecule has 1 amide bonds. The van der Waals surface area contributed by atoms with Crippen LogP contribution < -0.4 is 10.6 Å². The molecule has 7 heteroatoms. The van der Waals surface area contributed by atoms with Crippen LogP contribution in [0.3, 0.4) is 0 Å². The van der Waals surface area contributed by atoms with E-state index < -0.39 is 17.7 Å². The standard InChI is InChI=1S/C13H21F3N2O2/c14-13(15,16)10-3-1-9(2-4-10)11(19)18-8-12(20)5-6-17-7-12/h9-10,17,20H,1-8H2,(H,18,19). The molecule has 1 saturated carbocycles. The van der Waals surface area contributed by atoms with Gasteiger partial charge in [0, 0.05) is 19.0 Å². The summed E-state index contributed by atoms with van der Waals surface area (Å²) >= 11 is 0. The highest BCUT2D eigenvalue weighted by molar-refractivity contribution is 5.78. The summed E-state index contributed by atoms with van der Waals surface area (Å²) in [5.74, 6) is -1.85. The van der Waals surface area contributed by atoms with E-state index in [0.717, 1.165) is 0 Å². The highest BCUT2D eigenvalue weighted by atomic mass is 19.4. The summed E-state index contributed by atoms with van der Waals surface area (Å²) in [5, 5.41) is 15.8. The Bertz CT molecular complexity index is 346. The van der Waals surface area contributed by atoms with Gasteiger partial charge in [0.1, 0.15) is 0 Å². The van der Waals surface area contributed by atoms with Crippen LogP contribution in [-0.4, -0.2) is 42.4 Å². The molecule has 2 rings (SSSR count). The van der Waals surface area contributed by atoms with Crippen LogP contribution in [0.25, 0.3) is 0 Å². The second-order valence-electron chi connectivity index (χ2n) is 5.96. The number of alkyl halides is 3. The Hall–Kier alpha value is -0.820. The van der Waals surface area contributed by atoms with Gasteiger partial charge in [-0.1, -0.05) is 0 Å². The third-order valence-electron chi connectivity index (χ3n) is 4.37. The summed E-state index contributed by atoms with van der Waals surface area (Å²) in [7, 11) is 0. The second kappa shape index (κ2) is 5.89. The van der Waals surface area contributed by atoms with Crippen molar-refractivity contribution in [3.05, 3.63) is 0 Å². The first-order valence-corrected chi connectivity index (χ1v) is 7.08. The fraction of sp³-hybridized carbons (Fsp3) is 0.923. The number of carbonyl (C=O) groups excluding carboxylic acids is 1. The summed E-state index contributed by atoms with van der Waals surface area (Å²) in [5.41, 5.74) is -0.918. The third kappa shape index (κ3) is 3.85. The summed E-state index contributed by atoms with van der Waals surface area (Å²) < 4.78 is 37.6. The van der Waals surface area contributed by atoms with Gasteiger partial charge in [-0.25, -0.2) is 0 Å². The lowest BCUT2D eigenvalue weighted by Crippen LogP contribution is -2.46. The van der Waals surface area contributed by atoms with Crippen molar-refractivity contribution in [1.82, 2.24) is 10.6 Å². The van der Waals surface area contributed by atoms with Gasteiger partial charge in [-0.15, -0.1) is 0 Å². The van der Waals surface area contributed by atoms with E-state index in [0.29, 0.717) is 19.5 Å². The molecule has 0 bridgehead atoms. The smallest absolute Gasteiger partial charge is 0.387 e. The number of hydrogen-bond acceptors (Lipinski definition) is 3. The van der Waals surface area contributed by atoms with Crippen molar-refractivity contribution in [3.8, 4) is 0 Å². The molecular weight excluding hydrogens is 273 g/mol. The molecule has 2 fully saturated rings. The highest BCUT2D eigenvalue weighted by Crippen LogP contribution is 2.39. The number of aliphatic hydroxyl groups is 1. The first-order valence-electron chi connectivity index (χ1n) is 7.08. The van der Waals surface area contributed by atoms with Crippen molar-refractivity contribution in [1.29, 1.82) is 0 Å². The number of β-amino-alcohol motifs (C(OH)–C–C–N with tert-alkyl or cyclic N) is 1. The fourth-order valence-corrected chi connectivity index (χ4v) is 2.96. The van der Waals surface area contributed by atoms with E-state index in [4.69, 9.17) is 0 Å². The fourth-order valence-electron chi connectivity index (χ4n) is 2.96. The zero-order chi connectivity index (χ0) is 14.8. The summed E-state index contributed by atoms with van der Waals surface area (Å²) in [4.78, 5) is 11.9. The van der Waals surface area contributed by atoms with Gasteiger partial charge in [-0.2, -0.15) is 13.2 Å². The maximum Gasteiger partial charge on any atom is 0.391 e. The number of amides is 1. The zero-order valence-corrected chi connectivity index (χ0v) is 11.3. The number of carbonyl (C=O) groups is 1. The molecule has 4 nitrogen and oxygen atoms in total. The van der Waals surface area contributed by atoms with Crippen molar-refractivity contribution >= 4 is 5.91 Å². The summed E-state index contributed by atoms with van der Waals surface area (Å²) in [6.45, 7) is 1.31. The van der Waals surface area contributed by atoms with E-state index in [1.54, 1.807) is 0 Å². The lowest BCUT2D eigenvalue weighted by atomic mass is 9.81. The minimum Gasteiger partial charge on any atom is -0.387 e. The molecule has 1 aliphatic heterocycles. The van der Waals surface area contributed by atoms with Gasteiger partial charge in [0.25, 0.3) is 0 Å². The predicted molar refractivity (Wildman–Crippen MR) is 66.9 cm³/mol. The summed E-state index contributed by atoms with van der Waals surface area (Å²) in [6, 6.07) is 0. The average Bonchev–Trinajstić information content (AvgIpc) is 2.83. The van der Waals surface area contributed by atoms with E-state index in [9.17, 15) is 23.1 Å². The van der Waals surface area contributed by atoms with Crippen LogP contribution >= 0.6 is 0 Å². The van der Waals surface area contributed by atoms with Gasteiger partial charge in [0.05, 0.1) is 11.5 Å². The quantitative estimate of drug-likeness (QED) is 0.733. The van der Waals surface area contributed by atoms with Crippen molar-refractivity contribution in [3.63, 3.8) is 0 Å². The summed E-state index contributed by atoms with van der Waals surface area (Å²) in [6.07, 6.45) is -2.99. The highest BCUT2D eigenvalue weighted by Gasteiger charge is 2.42. The minimum atomic E-state index is -4.15. The molecule has 0 aromatic carbocycles. The van der Waals surface area contributed by atoms with Crippen molar-refractivity contribution < 1.29 is 23.1 Å². The van der Waals surface area contributed by atoms with Crippen molar-refractivity contribution in [2.75, 3.05) is 19.6 Å². The van der Waals surface area contributed by atoms with Crippen molar-refractivity contribution in [2.24, 2.45) is 11.8 Å². The first kappa shape index (κ1) is 15.6. The molecule has 0 aromatic heterocycles. The van der Waals surface area contributed by atoms with Crippen LogP contribution in [0.15, 0.2) is 0 Å². The molecule has 3 N–H and O–H groups in total. The van der Waals surface area contributed by atoms with Crippen LogP contribution in [0.1, 0.15) is 32.1 Å². The Kier molecular flexibility index (Phi) is 4.59. The third-order valence-corrected chi connectivity index (χ3v) is 4.37. The van der Waals surface area contributed by atoms with Crippen LogP contribution in [0.5, 0.6) is 0 Å². The molecule has 1 atom stereocenters. The number of hydrogen-bond donors (Lipinski definition) is 3. The molecule has 0 radical (unpaired) electrons. The zero-order valence-electron chi connectivity index (χ0n) is 11.3. The molecule has 1 heterocycles. The van der Waals surface area contributed by atoms with E-state index in [2.05, 4.69) is 10.6 Å². The topological polar surface area (TPSA) is 61.4 Å². The molecule has 2 aliphatic rings. The lowest BCUT2D eigenvalue weighted by Gasteiger charge is -2.30. The van der Waals surface area contributed by atoms with Gasteiger partial charge < -0.3 is 15.7 Å². The van der Waals surface area contributed by atoms with Gasteiger partial charge in [-0.05, 0) is 38.6 Å². The molecule has 1 aliphatic carbocycles. The van der Waals surface area contributed by atoms with E-state index in [1.807, 2.05) is 0 Å². The Morgan fingerprint density at radius 2 is 1.95 bits per heavy atom. The molecule has 1 unspecified atom stereocenters. The van der Waals surface area contributed by atoms with Gasteiger partial charge >= 0.3 is 6.18 Å². The largest absolute Gasteiger partial charge is 0.391 e. The van der Waals surface area contributed by atoms with Crippen molar-refractivity contribution in [2.45, 2.75) is 43.9 Å². The van der Waals surface area contributed by atoms with Gasteiger partial charge in [0.15, 0.2) is 0 Å². The van der Waals surface area contributed by atoms with Crippen LogP contribution in [0, 0.1) is 11.8 Å². The Morgan fingerprint density at radius 3 is 2.45 bits per heavy atom. The Morgan fingerprint density at radius 1 is 1.30 bits per heavy atom. The predicted octanol–water partition coefficient (Wildman–Crippen LogP) is 1.20. The Labute approximate surface area is 116 Å². The normalized spacial score (nSPS) is 35.0. The molecule has 116 valence electrons. The number of halogens is 3. The molecule has 0 aromatic rings. The maximum absolute atomic E-state index is 12.5. The first-order chi connectivity index (χ1) is 9.30. The van der Waals surface area contributed by atoms with Gasteiger partial charge in [0.2, 0.25) is 5.91 Å². The Balaban J connectivity index is 1.75. The molecule has 0 spiro atoms. The van der Waals surface area contributed by atoms with E-state index in [1.165, 1.54) is 0 Å². The molecule has 1 saturated heterocycles. The average molecular weight is 294 g/mol. The van der Waals surface area contributed by atoms with E-state index >= 15 is 0 Å². The minimum absolute atomic E-state index is 0.0212. The monoisotopic (exact) mass is 294 g/mol. The van der Waals surface area contributed by atoms with E-state index in [-0.39, 0.29) is 44.1 Å². The molecule has 20 heavy (non-hydrogen) atoms. The molecular formula is C13H21F3N2O2. The SMILES string of the molecule is O=C(NCC1(O)CCNC1)C1CCC(C(F)(F)F)CC1. The van der Waals surface area contributed by atoms with Crippen LogP contribution in [0.2, 0.25) is 0 Å². The van der Waals surface area contributed by atoms with Crippen LogP contribution in [0.4, 0.5) is 13.2 Å². The maximum atomic E-state index is 12.5. The number of nitrogens with one attached hydrogen (secondary N) is 2. The number of rotatable bonds is 3. The van der Waals surface area contributed by atoms with Gasteiger partial charge in [-0.3, -0.25) is 4.79 Å². The van der Waals surface area contributed by atoms with Crippen LogP contribution in [-0.2, 0) is 4.79 Å². The lowest BCUT2D eigenvalue weighted by molar-refractivity contribution is -0.184.